The number of nitrogens with two attached hydrogens (primary N) is 1. The first-order valence-electron chi connectivity index (χ1n) is 6.01. The Kier molecular flexibility index (Phi) is 4.80. The average Bonchev–Trinajstić information content (AvgIpc) is 2.90. The summed E-state index contributed by atoms with van der Waals surface area (Å²) in [6.45, 7) is 2.15. The molecule has 100 valence electrons. The minimum atomic E-state index is 0.259. The molecular formula is C14H15ClN2S2. The van der Waals surface area contributed by atoms with E-state index in [1.165, 1.54) is 4.88 Å². The van der Waals surface area contributed by atoms with Crippen LogP contribution >= 0.6 is 35.2 Å². The van der Waals surface area contributed by atoms with E-state index in [1.54, 1.807) is 17.4 Å². The third-order valence-electron chi connectivity index (χ3n) is 2.87. The van der Waals surface area contributed by atoms with Crippen LogP contribution in [0.4, 0.5) is 5.69 Å². The smallest absolute Gasteiger partial charge is 0.106 e. The van der Waals surface area contributed by atoms with Crippen molar-refractivity contribution in [2.24, 2.45) is 5.73 Å². The number of halogens is 1. The van der Waals surface area contributed by atoms with E-state index >= 15 is 0 Å². The highest BCUT2D eigenvalue weighted by Crippen LogP contribution is 2.29. The van der Waals surface area contributed by atoms with E-state index in [0.29, 0.717) is 10.0 Å². The number of thiophene rings is 1. The number of hydrogen-bond acceptors (Lipinski definition) is 3. The Bertz CT molecular complexity index is 567. The Morgan fingerprint density at radius 2 is 2.26 bits per heavy atom. The van der Waals surface area contributed by atoms with Crippen LogP contribution in [0.15, 0.2) is 35.7 Å². The van der Waals surface area contributed by atoms with Crippen LogP contribution in [0.2, 0.25) is 5.02 Å². The highest BCUT2D eigenvalue weighted by Gasteiger charge is 2.13. The number of thiocarbonyl (C=S) groups is 1. The maximum absolute atomic E-state index is 5.99. The molecule has 0 aliphatic carbocycles. The van der Waals surface area contributed by atoms with Gasteiger partial charge in [-0.15, -0.1) is 11.3 Å². The molecule has 2 aromatic rings. The van der Waals surface area contributed by atoms with Crippen LogP contribution in [0, 0.1) is 0 Å². The summed E-state index contributed by atoms with van der Waals surface area (Å²) in [6.07, 6.45) is 0.986. The molecule has 3 N–H and O–H groups in total. The van der Waals surface area contributed by atoms with Crippen LogP contribution in [0.1, 0.15) is 29.8 Å². The van der Waals surface area contributed by atoms with Crippen molar-refractivity contribution < 1.29 is 0 Å². The van der Waals surface area contributed by atoms with Gasteiger partial charge in [-0.3, -0.25) is 0 Å². The van der Waals surface area contributed by atoms with Crippen molar-refractivity contribution in [3.05, 3.63) is 51.2 Å². The lowest BCUT2D eigenvalue weighted by Crippen LogP contribution is -2.15. The number of anilines is 1. The molecule has 0 amide bonds. The zero-order chi connectivity index (χ0) is 13.8. The van der Waals surface area contributed by atoms with E-state index in [-0.39, 0.29) is 6.04 Å². The Balaban J connectivity index is 2.29. The molecule has 0 fully saturated rings. The van der Waals surface area contributed by atoms with Gasteiger partial charge in [-0.2, -0.15) is 0 Å². The molecule has 1 heterocycles. The van der Waals surface area contributed by atoms with Crippen LogP contribution in [0.5, 0.6) is 0 Å². The summed E-state index contributed by atoms with van der Waals surface area (Å²) < 4.78 is 0. The topological polar surface area (TPSA) is 38.0 Å². The third-order valence-corrected chi connectivity index (χ3v) is 4.31. The Morgan fingerprint density at radius 3 is 2.84 bits per heavy atom. The number of hydrogen-bond donors (Lipinski definition) is 2. The predicted molar refractivity (Wildman–Crippen MR) is 88.3 cm³/mol. The van der Waals surface area contributed by atoms with Crippen LogP contribution in [-0.2, 0) is 0 Å². The Morgan fingerprint density at radius 1 is 1.47 bits per heavy atom. The normalized spacial score (nSPS) is 12.1. The Hall–Kier alpha value is -1.10. The Labute approximate surface area is 127 Å². The first-order valence-corrected chi connectivity index (χ1v) is 7.67. The molecule has 1 aromatic heterocycles. The van der Waals surface area contributed by atoms with Crippen molar-refractivity contribution in [1.29, 1.82) is 0 Å². The van der Waals surface area contributed by atoms with Crippen LogP contribution in [0.3, 0.4) is 0 Å². The molecule has 1 unspecified atom stereocenters. The summed E-state index contributed by atoms with van der Waals surface area (Å²) in [5.41, 5.74) is 7.47. The first kappa shape index (κ1) is 14.3. The lowest BCUT2D eigenvalue weighted by molar-refractivity contribution is 0.764. The zero-order valence-corrected chi connectivity index (χ0v) is 12.9. The molecule has 2 nitrogen and oxygen atoms in total. The third kappa shape index (κ3) is 3.47. The fraction of sp³-hybridized carbons (Fsp3) is 0.214. The predicted octanol–water partition coefficient (Wildman–Crippen LogP) is 4.60. The quantitative estimate of drug-likeness (QED) is 0.793. The summed E-state index contributed by atoms with van der Waals surface area (Å²) in [5.74, 6) is 0. The standard InChI is InChI=1S/C14H15ClN2S2/c1-2-11(13-4-3-7-19-13)17-12-6-5-9(15)8-10(12)14(16)18/h3-8,11,17H,2H2,1H3,(H2,16,18). The second kappa shape index (κ2) is 6.37. The number of nitrogens with one attached hydrogen (secondary N) is 1. The first-order chi connectivity index (χ1) is 9.11. The van der Waals surface area contributed by atoms with Gasteiger partial charge in [-0.05, 0) is 36.1 Å². The molecule has 19 heavy (non-hydrogen) atoms. The molecule has 0 radical (unpaired) electrons. The molecule has 0 saturated carbocycles. The van der Waals surface area contributed by atoms with Gasteiger partial charge in [0.05, 0.1) is 6.04 Å². The highest BCUT2D eigenvalue weighted by atomic mass is 35.5. The largest absolute Gasteiger partial charge is 0.389 e. The summed E-state index contributed by atoms with van der Waals surface area (Å²) >= 11 is 12.8. The minimum absolute atomic E-state index is 0.259. The highest BCUT2D eigenvalue weighted by molar-refractivity contribution is 7.80. The van der Waals surface area contributed by atoms with Gasteiger partial charge >= 0.3 is 0 Å². The van der Waals surface area contributed by atoms with E-state index in [9.17, 15) is 0 Å². The van der Waals surface area contributed by atoms with Gasteiger partial charge in [0.15, 0.2) is 0 Å². The van der Waals surface area contributed by atoms with Gasteiger partial charge in [-0.25, -0.2) is 0 Å². The summed E-state index contributed by atoms with van der Waals surface area (Å²) in [4.78, 5) is 1.65. The van der Waals surface area contributed by atoms with E-state index < -0.39 is 0 Å². The molecule has 0 aliphatic heterocycles. The molecule has 0 aliphatic rings. The van der Waals surface area contributed by atoms with Gasteiger partial charge in [-0.1, -0.05) is 36.8 Å². The van der Waals surface area contributed by atoms with E-state index in [1.807, 2.05) is 12.1 Å². The lowest BCUT2D eigenvalue weighted by Gasteiger charge is -2.19. The summed E-state index contributed by atoms with van der Waals surface area (Å²) in [6, 6.07) is 10.0. The summed E-state index contributed by atoms with van der Waals surface area (Å²) in [5, 5.41) is 6.21. The van der Waals surface area contributed by atoms with Gasteiger partial charge < -0.3 is 11.1 Å². The van der Waals surface area contributed by atoms with Gasteiger partial charge in [0, 0.05) is 21.2 Å². The van der Waals surface area contributed by atoms with Crippen LogP contribution < -0.4 is 11.1 Å². The van der Waals surface area contributed by atoms with E-state index in [4.69, 9.17) is 29.6 Å². The van der Waals surface area contributed by atoms with Crippen molar-refractivity contribution in [1.82, 2.24) is 0 Å². The zero-order valence-electron chi connectivity index (χ0n) is 10.5. The van der Waals surface area contributed by atoms with Crippen molar-refractivity contribution in [2.75, 3.05) is 5.32 Å². The van der Waals surface area contributed by atoms with Gasteiger partial charge in [0.2, 0.25) is 0 Å². The fourth-order valence-corrected chi connectivity index (χ4v) is 3.10. The molecular weight excluding hydrogens is 296 g/mol. The molecule has 0 bridgehead atoms. The lowest BCUT2D eigenvalue weighted by atomic mass is 10.1. The van der Waals surface area contributed by atoms with Crippen molar-refractivity contribution in [3.8, 4) is 0 Å². The van der Waals surface area contributed by atoms with Gasteiger partial charge in [0.1, 0.15) is 4.99 Å². The maximum Gasteiger partial charge on any atom is 0.106 e. The molecule has 2 rings (SSSR count). The fourth-order valence-electron chi connectivity index (χ4n) is 1.90. The second-order valence-electron chi connectivity index (χ2n) is 4.17. The SMILES string of the molecule is CCC(Nc1ccc(Cl)cc1C(N)=S)c1cccs1. The minimum Gasteiger partial charge on any atom is -0.389 e. The van der Waals surface area contributed by atoms with Gasteiger partial charge in [0.25, 0.3) is 0 Å². The number of benzene rings is 1. The monoisotopic (exact) mass is 310 g/mol. The van der Waals surface area contributed by atoms with Crippen molar-refractivity contribution in [2.45, 2.75) is 19.4 Å². The van der Waals surface area contributed by atoms with E-state index in [0.717, 1.165) is 17.7 Å². The number of rotatable bonds is 5. The maximum atomic E-state index is 5.99. The van der Waals surface area contributed by atoms with E-state index in [2.05, 4.69) is 29.8 Å². The molecule has 1 aromatic carbocycles. The second-order valence-corrected chi connectivity index (χ2v) is 6.03. The molecule has 0 spiro atoms. The molecule has 0 saturated heterocycles. The van der Waals surface area contributed by atoms with Crippen molar-refractivity contribution >= 4 is 45.8 Å². The van der Waals surface area contributed by atoms with Crippen molar-refractivity contribution in [3.63, 3.8) is 0 Å². The van der Waals surface area contributed by atoms with Crippen LogP contribution in [0.25, 0.3) is 0 Å². The molecule has 5 heteroatoms. The summed E-state index contributed by atoms with van der Waals surface area (Å²) in [7, 11) is 0. The average molecular weight is 311 g/mol. The van der Waals surface area contributed by atoms with Crippen LogP contribution in [-0.4, -0.2) is 4.99 Å². The molecule has 1 atom stereocenters.